The fourth-order valence-corrected chi connectivity index (χ4v) is 3.78. The monoisotopic (exact) mass is 407 g/mol. The summed E-state index contributed by atoms with van der Waals surface area (Å²) in [5.41, 5.74) is 3.02. The van der Waals surface area contributed by atoms with Crippen LogP contribution in [0.1, 0.15) is 38.4 Å². The first-order valence-corrected chi connectivity index (χ1v) is 10.5. The normalized spacial score (nSPS) is 11.9. The molecule has 1 atom stereocenters. The Kier molecular flexibility index (Phi) is 6.78. The molecule has 3 aromatic rings. The zero-order valence-electron chi connectivity index (χ0n) is 17.1. The lowest BCUT2D eigenvalue weighted by Gasteiger charge is -2.16. The minimum Gasteiger partial charge on any atom is -0.492 e. The van der Waals surface area contributed by atoms with Crippen LogP contribution in [0.15, 0.2) is 35.8 Å². The van der Waals surface area contributed by atoms with Crippen LogP contribution in [-0.2, 0) is 0 Å². The van der Waals surface area contributed by atoms with Gasteiger partial charge < -0.3 is 10.1 Å². The Bertz CT molecular complexity index is 1010. The number of hydrogen-bond donors (Lipinski definition) is 1. The molecule has 0 radical (unpaired) electrons. The number of aromatic nitrogens is 3. The second-order valence-corrected chi connectivity index (χ2v) is 8.41. The third kappa shape index (κ3) is 5.75. The molecular weight excluding hydrogens is 382 g/mol. The van der Waals surface area contributed by atoms with Gasteiger partial charge in [0.15, 0.2) is 5.13 Å². The lowest BCUT2D eigenvalue weighted by molar-refractivity contribution is 0.238. The van der Waals surface area contributed by atoms with Crippen LogP contribution in [-0.4, -0.2) is 21.6 Å². The summed E-state index contributed by atoms with van der Waals surface area (Å²) in [4.78, 5) is 13.2. The standard InChI is InChI=1S/C22H25N5OS/c1-14(2)9-15(3)12-28-20-6-5-17(10-18(20)11-23)19-7-8-24-21(26-19)27-22-25-16(4)13-29-22/h5-8,10,13-15H,9,12H2,1-4H3,(H,24,25,26,27)/t15-/m1/s1. The van der Waals surface area contributed by atoms with Crippen LogP contribution < -0.4 is 10.1 Å². The fourth-order valence-electron chi connectivity index (χ4n) is 3.09. The van der Waals surface area contributed by atoms with E-state index >= 15 is 0 Å². The van der Waals surface area contributed by atoms with Gasteiger partial charge in [-0.1, -0.05) is 20.8 Å². The van der Waals surface area contributed by atoms with Gasteiger partial charge in [0.1, 0.15) is 11.8 Å². The van der Waals surface area contributed by atoms with Crippen molar-refractivity contribution in [3.05, 3.63) is 47.1 Å². The molecule has 0 aliphatic heterocycles. The smallest absolute Gasteiger partial charge is 0.229 e. The summed E-state index contributed by atoms with van der Waals surface area (Å²) in [6.45, 7) is 9.11. The molecule has 0 spiro atoms. The minimum atomic E-state index is 0.436. The zero-order chi connectivity index (χ0) is 20.8. The molecular formula is C22H25N5OS. The molecule has 0 aliphatic carbocycles. The Balaban J connectivity index is 1.75. The number of hydrogen-bond acceptors (Lipinski definition) is 7. The summed E-state index contributed by atoms with van der Waals surface area (Å²) in [7, 11) is 0. The molecule has 1 aromatic carbocycles. The highest BCUT2D eigenvalue weighted by atomic mass is 32.1. The van der Waals surface area contributed by atoms with E-state index < -0.39 is 0 Å². The van der Waals surface area contributed by atoms with Gasteiger partial charge in [0.2, 0.25) is 5.95 Å². The second kappa shape index (κ2) is 9.48. The Hall–Kier alpha value is -2.98. The number of benzene rings is 1. The van der Waals surface area contributed by atoms with Crippen molar-refractivity contribution in [2.24, 2.45) is 11.8 Å². The molecule has 0 bridgehead atoms. The van der Waals surface area contributed by atoms with E-state index in [0.29, 0.717) is 35.7 Å². The highest BCUT2D eigenvalue weighted by molar-refractivity contribution is 7.13. The molecule has 0 saturated carbocycles. The molecule has 7 heteroatoms. The number of thiazole rings is 1. The Morgan fingerprint density at radius 3 is 2.72 bits per heavy atom. The maximum Gasteiger partial charge on any atom is 0.229 e. The largest absolute Gasteiger partial charge is 0.492 e. The number of anilines is 2. The van der Waals surface area contributed by atoms with E-state index in [4.69, 9.17) is 4.74 Å². The molecule has 6 nitrogen and oxygen atoms in total. The summed E-state index contributed by atoms with van der Waals surface area (Å²) in [6.07, 6.45) is 2.78. The highest BCUT2D eigenvalue weighted by Gasteiger charge is 2.11. The summed E-state index contributed by atoms with van der Waals surface area (Å²) in [5, 5.41) is 15.4. The maximum absolute atomic E-state index is 9.57. The third-order valence-corrected chi connectivity index (χ3v) is 5.16. The minimum absolute atomic E-state index is 0.436. The average molecular weight is 408 g/mol. The quantitative estimate of drug-likeness (QED) is 0.524. The molecule has 0 fully saturated rings. The van der Waals surface area contributed by atoms with Gasteiger partial charge in [0.25, 0.3) is 0 Å². The van der Waals surface area contributed by atoms with Crippen LogP contribution in [0.4, 0.5) is 11.1 Å². The number of nitrogens with one attached hydrogen (secondary N) is 1. The van der Waals surface area contributed by atoms with Crippen molar-refractivity contribution < 1.29 is 4.74 Å². The molecule has 0 saturated heterocycles. The van der Waals surface area contributed by atoms with Crippen LogP contribution >= 0.6 is 11.3 Å². The van der Waals surface area contributed by atoms with Gasteiger partial charge in [0, 0.05) is 17.1 Å². The van der Waals surface area contributed by atoms with Crippen molar-refractivity contribution in [2.75, 3.05) is 11.9 Å². The first-order valence-electron chi connectivity index (χ1n) is 9.64. The Morgan fingerprint density at radius 2 is 2.03 bits per heavy atom. The fraction of sp³-hybridized carbons (Fsp3) is 0.364. The van der Waals surface area contributed by atoms with Crippen molar-refractivity contribution >= 4 is 22.4 Å². The van der Waals surface area contributed by atoms with Gasteiger partial charge in [-0.3, -0.25) is 0 Å². The summed E-state index contributed by atoms with van der Waals surface area (Å²) in [5.74, 6) is 2.14. The molecule has 0 amide bonds. The van der Waals surface area contributed by atoms with Gasteiger partial charge in [-0.15, -0.1) is 11.3 Å². The van der Waals surface area contributed by atoms with Gasteiger partial charge >= 0.3 is 0 Å². The van der Waals surface area contributed by atoms with Crippen LogP contribution in [0, 0.1) is 30.1 Å². The van der Waals surface area contributed by atoms with Crippen LogP contribution in [0.25, 0.3) is 11.3 Å². The lowest BCUT2D eigenvalue weighted by atomic mass is 10.00. The first kappa shape index (κ1) is 20.7. The van der Waals surface area contributed by atoms with Crippen molar-refractivity contribution in [1.29, 1.82) is 5.26 Å². The summed E-state index contributed by atoms with van der Waals surface area (Å²) >= 11 is 1.50. The average Bonchev–Trinajstić information content (AvgIpc) is 3.10. The van der Waals surface area contributed by atoms with Gasteiger partial charge in [-0.05, 0) is 49.4 Å². The molecule has 150 valence electrons. The third-order valence-electron chi connectivity index (χ3n) is 4.29. The summed E-state index contributed by atoms with van der Waals surface area (Å²) in [6, 6.07) is 9.62. The number of ether oxygens (including phenoxy) is 1. The van der Waals surface area contributed by atoms with E-state index in [1.807, 2.05) is 36.6 Å². The molecule has 0 unspecified atom stereocenters. The predicted octanol–water partition coefficient (Wildman–Crippen LogP) is 5.58. The van der Waals surface area contributed by atoms with Crippen LogP contribution in [0.3, 0.4) is 0 Å². The Labute approximate surface area is 175 Å². The van der Waals surface area contributed by atoms with E-state index in [2.05, 4.69) is 47.1 Å². The van der Waals surface area contributed by atoms with E-state index in [1.54, 1.807) is 6.20 Å². The van der Waals surface area contributed by atoms with E-state index in [0.717, 1.165) is 28.5 Å². The molecule has 2 aromatic heterocycles. The van der Waals surface area contributed by atoms with Gasteiger partial charge in [-0.25, -0.2) is 15.0 Å². The van der Waals surface area contributed by atoms with Gasteiger partial charge in [-0.2, -0.15) is 5.26 Å². The molecule has 2 heterocycles. The highest BCUT2D eigenvalue weighted by Crippen LogP contribution is 2.27. The van der Waals surface area contributed by atoms with Crippen molar-refractivity contribution in [1.82, 2.24) is 15.0 Å². The SMILES string of the molecule is Cc1csc(Nc2nccc(-c3ccc(OC[C@H](C)CC(C)C)c(C#N)c3)n2)n1. The van der Waals surface area contributed by atoms with Crippen LogP contribution in [0.5, 0.6) is 5.75 Å². The van der Waals surface area contributed by atoms with E-state index in [1.165, 1.54) is 11.3 Å². The van der Waals surface area contributed by atoms with Crippen molar-refractivity contribution in [3.8, 4) is 23.1 Å². The molecule has 29 heavy (non-hydrogen) atoms. The number of aryl methyl sites for hydroxylation is 1. The maximum atomic E-state index is 9.57. The van der Waals surface area contributed by atoms with Crippen molar-refractivity contribution in [3.63, 3.8) is 0 Å². The zero-order valence-corrected chi connectivity index (χ0v) is 18.0. The van der Waals surface area contributed by atoms with Gasteiger partial charge in [0.05, 0.1) is 23.6 Å². The molecule has 3 rings (SSSR count). The number of nitriles is 1. The molecule has 0 aliphatic rings. The second-order valence-electron chi connectivity index (χ2n) is 7.55. The van der Waals surface area contributed by atoms with E-state index in [-0.39, 0.29) is 0 Å². The lowest BCUT2D eigenvalue weighted by Crippen LogP contribution is -2.11. The summed E-state index contributed by atoms with van der Waals surface area (Å²) < 4.78 is 5.91. The van der Waals surface area contributed by atoms with Crippen molar-refractivity contribution in [2.45, 2.75) is 34.1 Å². The number of rotatable bonds is 8. The first-order chi connectivity index (χ1) is 13.9. The van der Waals surface area contributed by atoms with E-state index in [9.17, 15) is 5.26 Å². The molecule has 1 N–H and O–H groups in total. The number of nitrogens with zero attached hydrogens (tertiary/aromatic N) is 4. The Morgan fingerprint density at radius 1 is 1.21 bits per heavy atom. The predicted molar refractivity (Wildman–Crippen MR) is 116 cm³/mol. The topological polar surface area (TPSA) is 83.7 Å². The van der Waals surface area contributed by atoms with Crippen LogP contribution in [0.2, 0.25) is 0 Å².